The molecule has 0 aromatic heterocycles. The Labute approximate surface area is 194 Å². The highest BCUT2D eigenvalue weighted by Crippen LogP contribution is 2.21. The van der Waals surface area contributed by atoms with Gasteiger partial charge in [-0.1, -0.05) is 26.2 Å². The van der Waals surface area contributed by atoms with Crippen LogP contribution in [0, 0.1) is 0 Å². The third-order valence-corrected chi connectivity index (χ3v) is 6.30. The number of rotatable bonds is 11. The third-order valence-electron chi connectivity index (χ3n) is 6.30. The van der Waals surface area contributed by atoms with Crippen molar-refractivity contribution in [2.45, 2.75) is 64.7 Å². The van der Waals surface area contributed by atoms with Crippen molar-refractivity contribution in [3.8, 4) is 5.75 Å². The Morgan fingerprint density at radius 3 is 2.19 bits per heavy atom. The van der Waals surface area contributed by atoms with Crippen LogP contribution < -0.4 is 4.74 Å². The number of ether oxygens (including phenoxy) is 2. The highest BCUT2D eigenvalue weighted by Gasteiger charge is 2.17. The molecule has 2 saturated heterocycles. The summed E-state index contributed by atoms with van der Waals surface area (Å²) in [5.41, 5.74) is 1.76. The number of unbranched alkanes of at least 4 members (excludes halogenated alkanes) is 1. The van der Waals surface area contributed by atoms with Gasteiger partial charge in [-0.15, -0.1) is 12.4 Å². The van der Waals surface area contributed by atoms with Crippen LogP contribution in [-0.4, -0.2) is 68.3 Å². The predicted octanol–water partition coefficient (Wildman–Crippen LogP) is 4.96. The molecule has 1 aromatic rings. The van der Waals surface area contributed by atoms with Gasteiger partial charge >= 0.3 is 5.97 Å². The number of hydrogen-bond acceptors (Lipinski definition) is 5. The van der Waals surface area contributed by atoms with Crippen molar-refractivity contribution >= 4 is 18.4 Å². The molecule has 31 heavy (non-hydrogen) atoms. The molecule has 0 amide bonds. The first-order chi connectivity index (χ1) is 14.8. The van der Waals surface area contributed by atoms with E-state index in [9.17, 15) is 4.79 Å². The lowest BCUT2D eigenvalue weighted by Crippen LogP contribution is -2.33. The predicted molar refractivity (Wildman–Crippen MR) is 129 cm³/mol. The van der Waals surface area contributed by atoms with Crippen LogP contribution in [0.5, 0.6) is 5.75 Å². The lowest BCUT2D eigenvalue weighted by atomic mass is 10.0. The van der Waals surface area contributed by atoms with Gasteiger partial charge in [-0.2, -0.15) is 0 Å². The Kier molecular flexibility index (Phi) is 12.3. The number of esters is 1. The second-order valence-corrected chi connectivity index (χ2v) is 8.71. The van der Waals surface area contributed by atoms with Crippen molar-refractivity contribution < 1.29 is 14.3 Å². The highest BCUT2D eigenvalue weighted by molar-refractivity contribution is 5.91. The van der Waals surface area contributed by atoms with Crippen molar-refractivity contribution in [1.29, 1.82) is 0 Å². The van der Waals surface area contributed by atoms with Gasteiger partial charge in [0.25, 0.3) is 0 Å². The summed E-state index contributed by atoms with van der Waals surface area (Å²) in [6.07, 6.45) is 10.8. The van der Waals surface area contributed by atoms with Gasteiger partial charge in [-0.25, -0.2) is 4.79 Å². The van der Waals surface area contributed by atoms with E-state index in [0.29, 0.717) is 12.2 Å². The smallest absolute Gasteiger partial charge is 0.338 e. The minimum absolute atomic E-state index is 0. The number of halogens is 1. The van der Waals surface area contributed by atoms with Gasteiger partial charge in [0.15, 0.2) is 0 Å². The molecule has 2 fully saturated rings. The summed E-state index contributed by atoms with van der Waals surface area (Å²) in [5.74, 6) is 0.669. The number of benzene rings is 1. The Balaban J connectivity index is 0.00000341. The van der Waals surface area contributed by atoms with Crippen LogP contribution in [0.15, 0.2) is 18.2 Å². The zero-order valence-corrected chi connectivity index (χ0v) is 20.1. The summed E-state index contributed by atoms with van der Waals surface area (Å²) >= 11 is 0. The number of hydrogen-bond donors (Lipinski definition) is 0. The van der Waals surface area contributed by atoms with Crippen LogP contribution in [0.2, 0.25) is 0 Å². The van der Waals surface area contributed by atoms with E-state index >= 15 is 0 Å². The molecular weight excluding hydrogens is 412 g/mol. The van der Waals surface area contributed by atoms with Crippen molar-refractivity contribution in [2.24, 2.45) is 0 Å². The number of nitrogens with zero attached hydrogens (tertiary/aromatic N) is 2. The first-order valence-electron chi connectivity index (χ1n) is 12.1. The lowest BCUT2D eigenvalue weighted by Gasteiger charge is -2.27. The molecule has 0 spiro atoms. The van der Waals surface area contributed by atoms with Crippen molar-refractivity contribution in [3.05, 3.63) is 29.3 Å². The molecule has 1 aromatic carbocycles. The van der Waals surface area contributed by atoms with E-state index < -0.39 is 0 Å². The number of likely N-dealkylation sites (tertiary alicyclic amines) is 2. The molecule has 2 aliphatic heterocycles. The minimum Gasteiger partial charge on any atom is -0.494 e. The summed E-state index contributed by atoms with van der Waals surface area (Å²) in [5, 5.41) is 0. The fourth-order valence-electron chi connectivity index (χ4n) is 4.39. The van der Waals surface area contributed by atoms with Gasteiger partial charge in [0, 0.05) is 13.1 Å². The fourth-order valence-corrected chi connectivity index (χ4v) is 4.39. The molecule has 0 bridgehead atoms. The summed E-state index contributed by atoms with van der Waals surface area (Å²) in [7, 11) is 0. The number of piperidine rings is 2. The molecular formula is C25H41ClN2O3. The standard InChI is InChI=1S/C25H40N2O3.ClH/c1-2-3-19-29-23-10-11-24(22(21-23)12-17-26-13-6-4-7-14-26)25(28)30-20-18-27-15-8-5-9-16-27;/h10-11,21H,2-9,12-20H2,1H3;1H. The fraction of sp³-hybridized carbons (Fsp3) is 0.720. The van der Waals surface area contributed by atoms with Gasteiger partial charge in [0.1, 0.15) is 12.4 Å². The monoisotopic (exact) mass is 452 g/mol. The molecule has 0 unspecified atom stereocenters. The molecule has 0 radical (unpaired) electrons. The van der Waals surface area contributed by atoms with Gasteiger partial charge in [0.2, 0.25) is 0 Å². The first-order valence-corrected chi connectivity index (χ1v) is 12.1. The van der Waals surface area contributed by atoms with Crippen LogP contribution in [0.25, 0.3) is 0 Å². The van der Waals surface area contributed by atoms with Crippen LogP contribution in [0.4, 0.5) is 0 Å². The van der Waals surface area contributed by atoms with E-state index in [0.717, 1.165) is 63.4 Å². The van der Waals surface area contributed by atoms with E-state index in [-0.39, 0.29) is 18.4 Å². The molecule has 5 nitrogen and oxygen atoms in total. The van der Waals surface area contributed by atoms with E-state index in [4.69, 9.17) is 9.47 Å². The normalized spacial score (nSPS) is 17.7. The Bertz CT molecular complexity index is 644. The molecule has 0 atom stereocenters. The lowest BCUT2D eigenvalue weighted by molar-refractivity contribution is 0.0450. The first kappa shape index (κ1) is 26.0. The maximum absolute atomic E-state index is 12.8. The highest BCUT2D eigenvalue weighted by atomic mass is 35.5. The average molecular weight is 453 g/mol. The molecule has 3 rings (SSSR count). The largest absolute Gasteiger partial charge is 0.494 e. The summed E-state index contributed by atoms with van der Waals surface area (Å²) < 4.78 is 11.6. The topological polar surface area (TPSA) is 42.0 Å². The van der Waals surface area contributed by atoms with Crippen LogP contribution in [-0.2, 0) is 11.2 Å². The quantitative estimate of drug-likeness (QED) is 0.350. The van der Waals surface area contributed by atoms with Crippen molar-refractivity contribution in [2.75, 3.05) is 52.5 Å². The van der Waals surface area contributed by atoms with Gasteiger partial charge in [-0.3, -0.25) is 4.90 Å². The molecule has 0 saturated carbocycles. The van der Waals surface area contributed by atoms with Crippen LogP contribution in [0.3, 0.4) is 0 Å². The summed E-state index contributed by atoms with van der Waals surface area (Å²) in [6, 6.07) is 5.87. The minimum atomic E-state index is -0.194. The second-order valence-electron chi connectivity index (χ2n) is 8.71. The zero-order chi connectivity index (χ0) is 21.0. The molecule has 2 heterocycles. The maximum Gasteiger partial charge on any atom is 0.338 e. The van der Waals surface area contributed by atoms with Gasteiger partial charge in [0.05, 0.1) is 12.2 Å². The van der Waals surface area contributed by atoms with Crippen molar-refractivity contribution in [1.82, 2.24) is 9.80 Å². The number of carbonyl (C=O) groups excluding carboxylic acids is 1. The number of carbonyl (C=O) groups is 1. The van der Waals surface area contributed by atoms with Crippen molar-refractivity contribution in [3.63, 3.8) is 0 Å². The zero-order valence-electron chi connectivity index (χ0n) is 19.3. The molecule has 176 valence electrons. The average Bonchev–Trinajstić information content (AvgIpc) is 2.79. The molecule has 2 aliphatic rings. The van der Waals surface area contributed by atoms with Crippen LogP contribution >= 0.6 is 12.4 Å². The molecule has 6 heteroatoms. The molecule has 0 aliphatic carbocycles. The van der Waals surface area contributed by atoms with Gasteiger partial charge in [-0.05, 0) is 88.5 Å². The van der Waals surface area contributed by atoms with Crippen LogP contribution in [0.1, 0.15) is 74.2 Å². The Morgan fingerprint density at radius 2 is 1.55 bits per heavy atom. The van der Waals surface area contributed by atoms with Gasteiger partial charge < -0.3 is 14.4 Å². The van der Waals surface area contributed by atoms with E-state index in [2.05, 4.69) is 22.8 Å². The van der Waals surface area contributed by atoms with E-state index in [1.807, 2.05) is 12.1 Å². The Hall–Kier alpha value is -1.30. The second kappa shape index (κ2) is 14.7. The Morgan fingerprint density at radius 1 is 0.903 bits per heavy atom. The summed E-state index contributed by atoms with van der Waals surface area (Å²) in [6.45, 7) is 9.78. The summed E-state index contributed by atoms with van der Waals surface area (Å²) in [4.78, 5) is 17.7. The van der Waals surface area contributed by atoms with E-state index in [1.54, 1.807) is 0 Å². The SMILES string of the molecule is CCCCOc1ccc(C(=O)OCCN2CCCCC2)c(CCN2CCCCC2)c1.Cl. The van der Waals surface area contributed by atoms with E-state index in [1.165, 1.54) is 51.6 Å². The molecule has 0 N–H and O–H groups in total. The third kappa shape index (κ3) is 8.99. The maximum atomic E-state index is 12.8.